The Morgan fingerprint density at radius 3 is 2.67 bits per heavy atom. The number of carbonyl (C=O) groups excluding carboxylic acids is 1. The SMILES string of the molecule is COC(=O)C(OC1COC1)c1cc(F)c2c(c1F)[C@H]1CC[C@H](C3=CCCC=C3)S(=O)(=O)N1C2. The summed E-state index contributed by atoms with van der Waals surface area (Å²) < 4.78 is 74.5. The zero-order valence-corrected chi connectivity index (χ0v) is 18.9. The number of esters is 1. The third-order valence-electron chi connectivity index (χ3n) is 6.80. The van der Waals surface area contributed by atoms with E-state index in [9.17, 15) is 13.2 Å². The maximum atomic E-state index is 15.8. The van der Waals surface area contributed by atoms with Gasteiger partial charge in [0.25, 0.3) is 0 Å². The molecule has 3 heterocycles. The van der Waals surface area contributed by atoms with Crippen LogP contribution in [0.2, 0.25) is 0 Å². The number of nitrogens with zero attached hydrogens (tertiary/aromatic N) is 1. The van der Waals surface area contributed by atoms with Crippen LogP contribution in [0.1, 0.15) is 54.5 Å². The van der Waals surface area contributed by atoms with Crippen molar-refractivity contribution in [1.82, 2.24) is 4.31 Å². The first-order chi connectivity index (χ1) is 15.8. The van der Waals surface area contributed by atoms with Gasteiger partial charge < -0.3 is 14.2 Å². The van der Waals surface area contributed by atoms with Crippen molar-refractivity contribution in [2.45, 2.75) is 55.7 Å². The lowest BCUT2D eigenvalue weighted by atomic mass is 9.93. The summed E-state index contributed by atoms with van der Waals surface area (Å²) in [4.78, 5) is 12.4. The number of rotatable bonds is 5. The zero-order valence-electron chi connectivity index (χ0n) is 18.1. The van der Waals surface area contributed by atoms with Crippen LogP contribution in [-0.2, 0) is 35.6 Å². The van der Waals surface area contributed by atoms with E-state index in [2.05, 4.69) is 0 Å². The summed E-state index contributed by atoms with van der Waals surface area (Å²) in [5.41, 5.74) is 0.445. The van der Waals surface area contributed by atoms with Gasteiger partial charge in [-0.05, 0) is 37.3 Å². The fraction of sp³-hybridized carbons (Fsp3) is 0.522. The number of halogens is 2. The van der Waals surface area contributed by atoms with E-state index >= 15 is 8.78 Å². The molecule has 0 saturated carbocycles. The molecule has 0 amide bonds. The van der Waals surface area contributed by atoms with Gasteiger partial charge in [-0.2, -0.15) is 4.31 Å². The normalized spacial score (nSPS) is 27.3. The second-order valence-electron chi connectivity index (χ2n) is 8.71. The molecule has 3 aliphatic heterocycles. The lowest BCUT2D eigenvalue weighted by Crippen LogP contribution is -2.43. The molecule has 0 aromatic heterocycles. The van der Waals surface area contributed by atoms with E-state index in [0.29, 0.717) is 12.8 Å². The molecule has 0 radical (unpaired) electrons. The number of benzene rings is 1. The first kappa shape index (κ1) is 22.6. The molecule has 178 valence electrons. The molecule has 4 aliphatic rings. The summed E-state index contributed by atoms with van der Waals surface area (Å²) in [6.45, 7) is 0.241. The molecule has 5 rings (SSSR count). The number of hydrogen-bond acceptors (Lipinski definition) is 6. The smallest absolute Gasteiger partial charge is 0.339 e. The molecule has 10 heteroatoms. The van der Waals surface area contributed by atoms with E-state index in [0.717, 1.165) is 31.6 Å². The number of fused-ring (bicyclic) bond motifs is 3. The minimum Gasteiger partial charge on any atom is -0.467 e. The van der Waals surface area contributed by atoms with Crippen LogP contribution < -0.4 is 0 Å². The van der Waals surface area contributed by atoms with Crippen molar-refractivity contribution >= 4 is 16.0 Å². The average Bonchev–Trinajstić information content (AvgIpc) is 3.18. The Morgan fingerprint density at radius 2 is 2.03 bits per heavy atom. The van der Waals surface area contributed by atoms with Gasteiger partial charge in [0.1, 0.15) is 23.0 Å². The minimum atomic E-state index is -3.83. The van der Waals surface area contributed by atoms with Crippen molar-refractivity contribution < 1.29 is 36.2 Å². The van der Waals surface area contributed by atoms with Crippen LogP contribution in [0.4, 0.5) is 8.78 Å². The van der Waals surface area contributed by atoms with Gasteiger partial charge in [0, 0.05) is 23.2 Å². The lowest BCUT2D eigenvalue weighted by Gasteiger charge is -2.36. The summed E-state index contributed by atoms with van der Waals surface area (Å²) in [6.07, 6.45) is 6.09. The Kier molecular flexibility index (Phi) is 5.88. The van der Waals surface area contributed by atoms with Crippen LogP contribution in [0.15, 0.2) is 29.9 Å². The molecular weight excluding hydrogens is 456 g/mol. The second-order valence-corrected chi connectivity index (χ2v) is 10.8. The minimum absolute atomic E-state index is 0.00855. The summed E-state index contributed by atoms with van der Waals surface area (Å²) in [7, 11) is -2.69. The van der Waals surface area contributed by atoms with Crippen molar-refractivity contribution in [2.24, 2.45) is 0 Å². The molecular formula is C23H25F2NO6S. The third-order valence-corrected chi connectivity index (χ3v) is 9.06. The van der Waals surface area contributed by atoms with E-state index in [1.165, 1.54) is 4.31 Å². The van der Waals surface area contributed by atoms with Crippen molar-refractivity contribution in [2.75, 3.05) is 20.3 Å². The predicted molar refractivity (Wildman–Crippen MR) is 113 cm³/mol. The van der Waals surface area contributed by atoms with Gasteiger partial charge in [-0.15, -0.1) is 0 Å². The average molecular weight is 482 g/mol. The Bertz CT molecular complexity index is 1140. The topological polar surface area (TPSA) is 82.1 Å². The van der Waals surface area contributed by atoms with E-state index in [-0.39, 0.29) is 36.4 Å². The molecule has 3 atom stereocenters. The quantitative estimate of drug-likeness (QED) is 0.601. The monoisotopic (exact) mass is 481 g/mol. The molecule has 2 fully saturated rings. The number of hydrogen-bond donors (Lipinski definition) is 0. The molecule has 0 N–H and O–H groups in total. The third kappa shape index (κ3) is 3.73. The predicted octanol–water partition coefficient (Wildman–Crippen LogP) is 3.22. The van der Waals surface area contributed by atoms with Gasteiger partial charge in [-0.25, -0.2) is 22.0 Å². The van der Waals surface area contributed by atoms with Gasteiger partial charge in [-0.1, -0.05) is 18.2 Å². The Morgan fingerprint density at radius 1 is 1.24 bits per heavy atom. The van der Waals surface area contributed by atoms with Crippen LogP contribution in [-0.4, -0.2) is 50.4 Å². The summed E-state index contributed by atoms with van der Waals surface area (Å²) in [6, 6.07) is 0.0961. The molecule has 0 bridgehead atoms. The Labute approximate surface area is 191 Å². The second kappa shape index (κ2) is 8.57. The summed E-state index contributed by atoms with van der Waals surface area (Å²) in [5, 5.41) is -0.727. The number of allylic oxidation sites excluding steroid dienone is 3. The van der Waals surface area contributed by atoms with E-state index in [4.69, 9.17) is 14.2 Å². The largest absolute Gasteiger partial charge is 0.467 e. The highest BCUT2D eigenvalue weighted by Crippen LogP contribution is 2.48. The van der Waals surface area contributed by atoms with Crippen LogP contribution in [0.5, 0.6) is 0 Å². The zero-order chi connectivity index (χ0) is 23.3. The van der Waals surface area contributed by atoms with Gasteiger partial charge in [0.05, 0.1) is 26.4 Å². The molecule has 7 nitrogen and oxygen atoms in total. The molecule has 33 heavy (non-hydrogen) atoms. The highest BCUT2D eigenvalue weighted by Gasteiger charge is 2.50. The maximum Gasteiger partial charge on any atom is 0.339 e. The van der Waals surface area contributed by atoms with Crippen molar-refractivity contribution in [3.8, 4) is 0 Å². The number of methoxy groups -OCH3 is 1. The lowest BCUT2D eigenvalue weighted by molar-refractivity contribution is -0.183. The molecule has 0 spiro atoms. The standard InChI is InChI=1S/C23H25F2NO6S/c1-30-23(27)22(32-14-11-31-12-14)15-9-17(24)16-10-26-18(20(16)21(15)25)7-8-19(33(26,28)29)13-5-3-2-4-6-13/h3,5-6,9,14,18-19,22H,2,4,7-8,10-12H2,1H3/t18-,19-,22?/m1/s1. The molecule has 1 aliphatic carbocycles. The molecule has 1 aromatic carbocycles. The van der Waals surface area contributed by atoms with Crippen molar-refractivity contribution in [3.05, 3.63) is 58.2 Å². The van der Waals surface area contributed by atoms with Gasteiger partial charge >= 0.3 is 5.97 Å². The highest BCUT2D eigenvalue weighted by atomic mass is 32.2. The van der Waals surface area contributed by atoms with E-state index in [1.807, 2.05) is 18.2 Å². The molecule has 2 saturated heterocycles. The van der Waals surface area contributed by atoms with E-state index in [1.54, 1.807) is 0 Å². The number of ether oxygens (including phenoxy) is 3. The maximum absolute atomic E-state index is 15.8. The summed E-state index contributed by atoms with van der Waals surface area (Å²) in [5.74, 6) is -2.44. The highest BCUT2D eigenvalue weighted by molar-refractivity contribution is 7.90. The summed E-state index contributed by atoms with van der Waals surface area (Å²) >= 11 is 0. The van der Waals surface area contributed by atoms with Crippen LogP contribution in [0.3, 0.4) is 0 Å². The van der Waals surface area contributed by atoms with Gasteiger partial charge in [-0.3, -0.25) is 0 Å². The first-order valence-corrected chi connectivity index (χ1v) is 12.5. The van der Waals surface area contributed by atoms with Gasteiger partial charge in [0.2, 0.25) is 10.0 Å². The van der Waals surface area contributed by atoms with Crippen molar-refractivity contribution in [3.63, 3.8) is 0 Å². The van der Waals surface area contributed by atoms with Gasteiger partial charge in [0.15, 0.2) is 6.10 Å². The molecule has 1 unspecified atom stereocenters. The Hall–Kier alpha value is -2.14. The van der Waals surface area contributed by atoms with Crippen molar-refractivity contribution in [1.29, 1.82) is 0 Å². The molecule has 1 aromatic rings. The first-order valence-electron chi connectivity index (χ1n) is 11.0. The fourth-order valence-corrected chi connectivity index (χ4v) is 7.20. The van der Waals surface area contributed by atoms with Crippen LogP contribution in [0, 0.1) is 11.6 Å². The van der Waals surface area contributed by atoms with E-state index < -0.39 is 51.1 Å². The van der Waals surface area contributed by atoms with Crippen LogP contribution in [0.25, 0.3) is 0 Å². The number of sulfonamides is 1. The number of carbonyl (C=O) groups is 1. The fourth-order valence-electron chi connectivity index (χ4n) is 5.05. The van der Waals surface area contributed by atoms with Crippen LogP contribution >= 0.6 is 0 Å². The Balaban J connectivity index is 1.52.